The Morgan fingerprint density at radius 1 is 1.36 bits per heavy atom. The maximum atomic E-state index is 13.2. The van der Waals surface area contributed by atoms with E-state index in [-0.39, 0.29) is 12.1 Å². The van der Waals surface area contributed by atoms with E-state index in [2.05, 4.69) is 22.4 Å². The second-order valence-corrected chi connectivity index (χ2v) is 9.15. The van der Waals surface area contributed by atoms with E-state index in [0.29, 0.717) is 23.6 Å². The zero-order chi connectivity index (χ0) is 19.5. The van der Waals surface area contributed by atoms with Gasteiger partial charge in [0.05, 0.1) is 0 Å². The lowest BCUT2D eigenvalue weighted by atomic mass is 9.64. The van der Waals surface area contributed by atoms with Gasteiger partial charge in [0.15, 0.2) is 5.82 Å². The minimum Gasteiger partial charge on any atom is -0.337 e. The molecule has 1 aromatic carbocycles. The molecule has 6 nitrogen and oxygen atoms in total. The second kappa shape index (κ2) is 6.48. The molecule has 0 unspecified atom stereocenters. The molecule has 1 N–H and O–H groups in total. The maximum Gasteiger partial charge on any atom is 0.323 e. The van der Waals surface area contributed by atoms with Crippen LogP contribution < -0.4 is 5.32 Å². The van der Waals surface area contributed by atoms with Crippen LogP contribution in [0.4, 0.5) is 10.5 Å². The standard InChI is InChI=1S/C21H25ClN4O2/c1-12-8-16-11-21(10-12,19-23-13(2)25-28-19)26(16)20(27)24-15-6-7-18(22)17(9-15)14-4-3-5-14/h6-7,9,12,14,16H,3-5,8,10-11H2,1-2H3,(H,24,27)/t12-,16-,21+/m1/s1. The summed E-state index contributed by atoms with van der Waals surface area (Å²) >= 11 is 6.39. The zero-order valence-corrected chi connectivity index (χ0v) is 17.0. The number of carbonyl (C=O) groups is 1. The Balaban J connectivity index is 1.40. The minimum absolute atomic E-state index is 0.0964. The van der Waals surface area contributed by atoms with Crippen molar-refractivity contribution in [1.82, 2.24) is 15.0 Å². The summed E-state index contributed by atoms with van der Waals surface area (Å²) in [5, 5.41) is 7.85. The molecule has 1 aromatic heterocycles. The zero-order valence-electron chi connectivity index (χ0n) is 16.2. The van der Waals surface area contributed by atoms with Gasteiger partial charge in [-0.2, -0.15) is 4.98 Å². The highest BCUT2D eigenvalue weighted by atomic mass is 35.5. The molecule has 2 heterocycles. The second-order valence-electron chi connectivity index (χ2n) is 8.75. The fourth-order valence-electron chi connectivity index (χ4n) is 5.27. The summed E-state index contributed by atoms with van der Waals surface area (Å²) in [6, 6.07) is 5.92. The number of urea groups is 1. The Morgan fingerprint density at radius 2 is 2.18 bits per heavy atom. The van der Waals surface area contributed by atoms with Crippen LogP contribution in [0.25, 0.3) is 0 Å². The number of aromatic nitrogens is 2. The lowest BCUT2D eigenvalue weighted by Gasteiger charge is -2.61. The largest absolute Gasteiger partial charge is 0.337 e. The Hall–Kier alpha value is -2.08. The molecule has 148 valence electrons. The summed E-state index contributed by atoms with van der Waals surface area (Å²) in [6.07, 6.45) is 6.34. The fourth-order valence-corrected chi connectivity index (χ4v) is 5.54. The van der Waals surface area contributed by atoms with Gasteiger partial charge in [0.2, 0.25) is 0 Å². The molecular weight excluding hydrogens is 376 g/mol. The molecule has 2 aliphatic carbocycles. The number of piperidine rings is 1. The smallest absolute Gasteiger partial charge is 0.323 e. The summed E-state index contributed by atoms with van der Waals surface area (Å²) in [5.41, 5.74) is 1.47. The minimum atomic E-state index is -0.475. The quantitative estimate of drug-likeness (QED) is 0.765. The Morgan fingerprint density at radius 3 is 2.86 bits per heavy atom. The van der Waals surface area contributed by atoms with Gasteiger partial charge in [-0.25, -0.2) is 4.79 Å². The Bertz CT molecular complexity index is 925. The lowest BCUT2D eigenvalue weighted by Crippen LogP contribution is -2.70. The highest BCUT2D eigenvalue weighted by molar-refractivity contribution is 6.31. The van der Waals surface area contributed by atoms with E-state index in [1.165, 1.54) is 19.3 Å². The number of hydrogen-bond donors (Lipinski definition) is 1. The third-order valence-corrected chi connectivity index (χ3v) is 7.04. The van der Waals surface area contributed by atoms with Gasteiger partial charge in [0.1, 0.15) is 5.54 Å². The van der Waals surface area contributed by atoms with Crippen LogP contribution in [0.5, 0.6) is 0 Å². The van der Waals surface area contributed by atoms with E-state index in [0.717, 1.165) is 35.5 Å². The molecule has 2 bridgehead atoms. The average molecular weight is 401 g/mol. The van der Waals surface area contributed by atoms with Crippen LogP contribution in [0.3, 0.4) is 0 Å². The maximum absolute atomic E-state index is 13.2. The SMILES string of the molecule is Cc1noc([C@]23C[C@H](C)C[C@H](C2)N3C(=O)Nc2ccc(Cl)c(C3CCC3)c2)n1. The monoisotopic (exact) mass is 400 g/mol. The number of nitrogens with zero attached hydrogens (tertiary/aromatic N) is 3. The topological polar surface area (TPSA) is 71.3 Å². The first-order valence-electron chi connectivity index (χ1n) is 10.2. The van der Waals surface area contributed by atoms with Crippen molar-refractivity contribution >= 4 is 23.3 Å². The summed E-state index contributed by atoms with van der Waals surface area (Å²) in [4.78, 5) is 19.6. The Kier molecular flexibility index (Phi) is 4.16. The molecule has 3 atom stereocenters. The summed E-state index contributed by atoms with van der Waals surface area (Å²) in [7, 11) is 0. The van der Waals surface area contributed by atoms with E-state index in [1.54, 1.807) is 0 Å². The van der Waals surface area contributed by atoms with Crippen LogP contribution in [0.2, 0.25) is 5.02 Å². The van der Waals surface area contributed by atoms with E-state index < -0.39 is 5.54 Å². The molecule has 5 rings (SSSR count). The number of fused-ring (bicyclic) bond motifs is 2. The van der Waals surface area contributed by atoms with Gasteiger partial charge in [-0.15, -0.1) is 0 Å². The number of halogens is 1. The van der Waals surface area contributed by atoms with E-state index in [9.17, 15) is 4.79 Å². The molecule has 0 spiro atoms. The number of likely N-dealkylation sites (tertiary alicyclic amines) is 1. The number of aryl methyl sites for hydroxylation is 1. The first kappa shape index (κ1) is 18.0. The van der Waals surface area contributed by atoms with Crippen molar-refractivity contribution < 1.29 is 9.32 Å². The highest BCUT2D eigenvalue weighted by Gasteiger charge is 2.62. The van der Waals surface area contributed by atoms with Gasteiger partial charge in [-0.05, 0) is 68.2 Å². The van der Waals surface area contributed by atoms with E-state index >= 15 is 0 Å². The third-order valence-electron chi connectivity index (χ3n) is 6.70. The van der Waals surface area contributed by atoms with Crippen molar-refractivity contribution in [3.8, 4) is 0 Å². The van der Waals surface area contributed by atoms with Crippen molar-refractivity contribution in [2.24, 2.45) is 5.92 Å². The predicted octanol–water partition coefficient (Wildman–Crippen LogP) is 5.23. The number of anilines is 1. The van der Waals surface area contributed by atoms with Crippen LogP contribution in [-0.4, -0.2) is 27.1 Å². The van der Waals surface area contributed by atoms with Crippen LogP contribution >= 0.6 is 11.6 Å². The molecule has 7 heteroatoms. The average Bonchev–Trinajstić information content (AvgIpc) is 3.02. The fraction of sp³-hybridized carbons (Fsp3) is 0.571. The van der Waals surface area contributed by atoms with Crippen molar-refractivity contribution in [3.63, 3.8) is 0 Å². The van der Waals surface area contributed by atoms with Gasteiger partial charge in [0, 0.05) is 23.2 Å². The van der Waals surface area contributed by atoms with Crippen LogP contribution in [0.15, 0.2) is 22.7 Å². The van der Waals surface area contributed by atoms with Gasteiger partial charge in [-0.3, -0.25) is 0 Å². The van der Waals surface area contributed by atoms with Crippen LogP contribution in [0, 0.1) is 12.8 Å². The molecule has 2 amide bonds. The first-order chi connectivity index (χ1) is 13.5. The number of amides is 2. The number of benzene rings is 1. The summed E-state index contributed by atoms with van der Waals surface area (Å²) < 4.78 is 5.51. The predicted molar refractivity (Wildman–Crippen MR) is 106 cm³/mol. The molecule has 2 saturated carbocycles. The Labute approximate surface area is 169 Å². The van der Waals surface area contributed by atoms with Gasteiger partial charge < -0.3 is 14.7 Å². The molecule has 28 heavy (non-hydrogen) atoms. The van der Waals surface area contributed by atoms with E-state index in [4.69, 9.17) is 16.1 Å². The van der Waals surface area contributed by atoms with Crippen molar-refractivity contribution in [2.45, 2.75) is 69.9 Å². The lowest BCUT2D eigenvalue weighted by molar-refractivity contribution is -0.111. The number of rotatable bonds is 3. The molecular formula is C21H25ClN4O2. The number of carbonyl (C=O) groups excluding carboxylic acids is 1. The molecule has 3 aliphatic rings. The van der Waals surface area contributed by atoms with E-state index in [1.807, 2.05) is 30.0 Å². The number of nitrogens with one attached hydrogen (secondary N) is 1. The van der Waals surface area contributed by atoms with Gasteiger partial charge in [0.25, 0.3) is 5.89 Å². The highest BCUT2D eigenvalue weighted by Crippen LogP contribution is 2.55. The summed E-state index contributed by atoms with van der Waals surface area (Å²) in [6.45, 7) is 4.04. The first-order valence-corrected chi connectivity index (χ1v) is 10.5. The normalized spacial score (nSPS) is 29.2. The molecule has 2 aromatic rings. The van der Waals surface area contributed by atoms with Crippen molar-refractivity contribution in [1.29, 1.82) is 0 Å². The van der Waals surface area contributed by atoms with Gasteiger partial charge >= 0.3 is 6.03 Å². The molecule has 1 aliphatic heterocycles. The molecule has 3 fully saturated rings. The van der Waals surface area contributed by atoms with Crippen LogP contribution in [-0.2, 0) is 5.54 Å². The summed E-state index contributed by atoms with van der Waals surface area (Å²) in [5.74, 6) is 2.21. The molecule has 0 radical (unpaired) electrons. The van der Waals surface area contributed by atoms with Crippen molar-refractivity contribution in [3.05, 3.63) is 40.5 Å². The number of hydrogen-bond acceptors (Lipinski definition) is 4. The van der Waals surface area contributed by atoms with Crippen molar-refractivity contribution in [2.75, 3.05) is 5.32 Å². The van der Waals surface area contributed by atoms with Gasteiger partial charge in [-0.1, -0.05) is 30.1 Å². The van der Waals surface area contributed by atoms with Crippen LogP contribution in [0.1, 0.15) is 68.6 Å². The third kappa shape index (κ3) is 2.72. The molecule has 1 saturated heterocycles.